The minimum absolute atomic E-state index is 0.309. The Hall–Kier alpha value is -2.12. The molecule has 0 spiro atoms. The molecule has 2 aromatic rings. The highest BCUT2D eigenvalue weighted by atomic mass is 19.1. The van der Waals surface area contributed by atoms with Gasteiger partial charge in [-0.2, -0.15) is 5.26 Å². The van der Waals surface area contributed by atoms with Crippen molar-refractivity contribution in [2.24, 2.45) is 0 Å². The van der Waals surface area contributed by atoms with Gasteiger partial charge >= 0.3 is 0 Å². The average Bonchev–Trinajstić information content (AvgIpc) is 2.87. The molecule has 0 aliphatic heterocycles. The van der Waals surface area contributed by atoms with Crippen molar-refractivity contribution in [1.29, 1.82) is 5.26 Å². The zero-order chi connectivity index (χ0) is 14.4. The van der Waals surface area contributed by atoms with Crippen LogP contribution in [0.25, 0.3) is 0 Å². The second-order valence-electron chi connectivity index (χ2n) is 4.72. The Morgan fingerprint density at radius 1 is 1.35 bits per heavy atom. The Kier molecular flexibility index (Phi) is 4.91. The van der Waals surface area contributed by atoms with Crippen LogP contribution in [0.4, 0.5) is 4.39 Å². The van der Waals surface area contributed by atoms with E-state index >= 15 is 0 Å². The van der Waals surface area contributed by atoms with Crippen molar-refractivity contribution in [1.82, 2.24) is 9.88 Å². The molecule has 1 heterocycles. The summed E-state index contributed by atoms with van der Waals surface area (Å²) >= 11 is 0. The SMILES string of the molecule is CCCNCc1cccn1Cc1cc(F)ccc1C#N. The molecule has 0 atom stereocenters. The topological polar surface area (TPSA) is 40.8 Å². The van der Waals surface area contributed by atoms with E-state index in [1.165, 1.54) is 18.2 Å². The predicted molar refractivity (Wildman–Crippen MR) is 76.6 cm³/mol. The van der Waals surface area contributed by atoms with E-state index in [-0.39, 0.29) is 5.82 Å². The molecule has 0 aliphatic carbocycles. The lowest BCUT2D eigenvalue weighted by atomic mass is 10.1. The Balaban J connectivity index is 2.16. The number of nitriles is 1. The summed E-state index contributed by atoms with van der Waals surface area (Å²) in [7, 11) is 0. The number of hydrogen-bond donors (Lipinski definition) is 1. The molecule has 2 rings (SSSR count). The van der Waals surface area contributed by atoms with Crippen LogP contribution in [-0.4, -0.2) is 11.1 Å². The van der Waals surface area contributed by atoms with E-state index < -0.39 is 0 Å². The largest absolute Gasteiger partial charge is 0.346 e. The van der Waals surface area contributed by atoms with E-state index in [1.54, 1.807) is 0 Å². The molecule has 0 aliphatic rings. The first-order valence-corrected chi connectivity index (χ1v) is 6.78. The van der Waals surface area contributed by atoms with Gasteiger partial charge in [-0.3, -0.25) is 0 Å². The number of aromatic nitrogens is 1. The summed E-state index contributed by atoms with van der Waals surface area (Å²) in [5, 5.41) is 12.4. The van der Waals surface area contributed by atoms with Crippen LogP contribution in [0, 0.1) is 17.1 Å². The van der Waals surface area contributed by atoms with Crippen LogP contribution in [0.3, 0.4) is 0 Å². The van der Waals surface area contributed by atoms with Crippen molar-refractivity contribution < 1.29 is 4.39 Å². The fraction of sp³-hybridized carbons (Fsp3) is 0.312. The van der Waals surface area contributed by atoms with Gasteiger partial charge in [0.2, 0.25) is 0 Å². The lowest BCUT2D eigenvalue weighted by Gasteiger charge is -2.11. The number of benzene rings is 1. The number of nitrogens with one attached hydrogen (secondary N) is 1. The molecule has 0 unspecified atom stereocenters. The summed E-state index contributed by atoms with van der Waals surface area (Å²) in [6, 6.07) is 10.4. The van der Waals surface area contributed by atoms with Crippen LogP contribution in [0.5, 0.6) is 0 Å². The Bertz CT molecular complexity index is 610. The van der Waals surface area contributed by atoms with Crippen molar-refractivity contribution in [2.45, 2.75) is 26.4 Å². The maximum absolute atomic E-state index is 13.3. The molecule has 0 saturated carbocycles. The minimum atomic E-state index is -0.309. The van der Waals surface area contributed by atoms with Crippen LogP contribution in [0.15, 0.2) is 36.5 Å². The van der Waals surface area contributed by atoms with Gasteiger partial charge in [-0.1, -0.05) is 6.92 Å². The highest BCUT2D eigenvalue weighted by Gasteiger charge is 2.07. The van der Waals surface area contributed by atoms with E-state index in [1.807, 2.05) is 22.9 Å². The summed E-state index contributed by atoms with van der Waals surface area (Å²) in [6.07, 6.45) is 3.04. The van der Waals surface area contributed by atoms with E-state index in [0.29, 0.717) is 17.7 Å². The van der Waals surface area contributed by atoms with Gasteiger partial charge in [-0.15, -0.1) is 0 Å². The van der Waals surface area contributed by atoms with Crippen LogP contribution >= 0.6 is 0 Å². The smallest absolute Gasteiger partial charge is 0.123 e. The number of nitrogens with zero attached hydrogens (tertiary/aromatic N) is 2. The van der Waals surface area contributed by atoms with Crippen molar-refractivity contribution in [2.75, 3.05) is 6.54 Å². The van der Waals surface area contributed by atoms with Crippen LogP contribution in [-0.2, 0) is 13.1 Å². The monoisotopic (exact) mass is 271 g/mol. The van der Waals surface area contributed by atoms with Crippen molar-refractivity contribution in [3.8, 4) is 6.07 Å². The molecule has 1 aromatic carbocycles. The molecule has 0 radical (unpaired) electrons. The molecular weight excluding hydrogens is 253 g/mol. The fourth-order valence-corrected chi connectivity index (χ4v) is 2.14. The van der Waals surface area contributed by atoms with E-state index in [9.17, 15) is 4.39 Å². The van der Waals surface area contributed by atoms with Crippen molar-refractivity contribution >= 4 is 0 Å². The first kappa shape index (κ1) is 14.3. The summed E-state index contributed by atoms with van der Waals surface area (Å²) in [4.78, 5) is 0. The van der Waals surface area contributed by atoms with Crippen LogP contribution in [0.1, 0.15) is 30.2 Å². The third kappa shape index (κ3) is 3.46. The number of halogens is 1. The van der Waals surface area contributed by atoms with E-state index in [4.69, 9.17) is 5.26 Å². The highest BCUT2D eigenvalue weighted by Crippen LogP contribution is 2.14. The summed E-state index contributed by atoms with van der Waals surface area (Å²) in [5.41, 5.74) is 2.36. The van der Waals surface area contributed by atoms with Gasteiger partial charge in [0, 0.05) is 25.0 Å². The highest BCUT2D eigenvalue weighted by molar-refractivity contribution is 5.38. The van der Waals surface area contributed by atoms with Gasteiger partial charge < -0.3 is 9.88 Å². The molecular formula is C16H18FN3. The lowest BCUT2D eigenvalue weighted by molar-refractivity contribution is 0.615. The normalized spacial score (nSPS) is 10.4. The second-order valence-corrected chi connectivity index (χ2v) is 4.72. The first-order valence-electron chi connectivity index (χ1n) is 6.78. The zero-order valence-corrected chi connectivity index (χ0v) is 11.6. The molecule has 0 saturated heterocycles. The van der Waals surface area contributed by atoms with Crippen molar-refractivity contribution in [3.63, 3.8) is 0 Å². The predicted octanol–water partition coefficient (Wildman–Crippen LogP) is 3.05. The van der Waals surface area contributed by atoms with Crippen LogP contribution in [0.2, 0.25) is 0 Å². The molecule has 20 heavy (non-hydrogen) atoms. The standard InChI is InChI=1S/C16H18FN3/c1-2-7-19-11-16-4-3-8-20(16)12-14-9-15(17)6-5-13(14)10-18/h3-6,8-9,19H,2,7,11-12H2,1H3. The van der Waals surface area contributed by atoms with Gasteiger partial charge in [0.25, 0.3) is 0 Å². The minimum Gasteiger partial charge on any atom is -0.346 e. The summed E-state index contributed by atoms with van der Waals surface area (Å²) in [6.45, 7) is 4.38. The maximum Gasteiger partial charge on any atom is 0.123 e. The van der Waals surface area contributed by atoms with E-state index in [0.717, 1.165) is 25.2 Å². The summed E-state index contributed by atoms with van der Waals surface area (Å²) in [5.74, 6) is -0.309. The quantitative estimate of drug-likeness (QED) is 0.820. The van der Waals surface area contributed by atoms with Crippen LogP contribution < -0.4 is 5.32 Å². The van der Waals surface area contributed by atoms with E-state index in [2.05, 4.69) is 18.3 Å². The van der Waals surface area contributed by atoms with Gasteiger partial charge in [-0.05, 0) is 48.9 Å². The molecule has 1 N–H and O–H groups in total. The van der Waals surface area contributed by atoms with Crippen molar-refractivity contribution in [3.05, 3.63) is 59.2 Å². The molecule has 0 amide bonds. The number of rotatable bonds is 6. The van der Waals surface area contributed by atoms with Gasteiger partial charge in [0.05, 0.1) is 11.6 Å². The van der Waals surface area contributed by atoms with Gasteiger partial charge in [0.15, 0.2) is 0 Å². The fourth-order valence-electron chi connectivity index (χ4n) is 2.14. The number of hydrogen-bond acceptors (Lipinski definition) is 2. The second kappa shape index (κ2) is 6.88. The Labute approximate surface area is 118 Å². The summed E-state index contributed by atoms with van der Waals surface area (Å²) < 4.78 is 15.4. The third-order valence-corrected chi connectivity index (χ3v) is 3.18. The molecule has 0 fully saturated rings. The molecule has 3 nitrogen and oxygen atoms in total. The van der Waals surface area contributed by atoms with Gasteiger partial charge in [-0.25, -0.2) is 4.39 Å². The Morgan fingerprint density at radius 2 is 2.20 bits per heavy atom. The first-order chi connectivity index (χ1) is 9.74. The molecule has 4 heteroatoms. The third-order valence-electron chi connectivity index (χ3n) is 3.18. The Morgan fingerprint density at radius 3 is 2.95 bits per heavy atom. The lowest BCUT2D eigenvalue weighted by Crippen LogP contribution is -2.17. The molecule has 1 aromatic heterocycles. The molecule has 0 bridgehead atoms. The molecule has 104 valence electrons. The average molecular weight is 271 g/mol. The maximum atomic E-state index is 13.3. The zero-order valence-electron chi connectivity index (χ0n) is 11.6. The van der Waals surface area contributed by atoms with Gasteiger partial charge in [0.1, 0.15) is 5.82 Å².